The van der Waals surface area contributed by atoms with E-state index in [1.807, 2.05) is 18.2 Å². The first-order valence-electron chi connectivity index (χ1n) is 5.35. The van der Waals surface area contributed by atoms with Crippen LogP contribution in [0.25, 0.3) is 0 Å². The maximum absolute atomic E-state index is 11.5. The topological polar surface area (TPSA) is 38.3 Å². The second kappa shape index (κ2) is 4.34. The molecular weight excluding hydrogens is 190 g/mol. The Hall–Kier alpha value is -1.51. The summed E-state index contributed by atoms with van der Waals surface area (Å²) in [6, 6.07) is 5.76. The summed E-state index contributed by atoms with van der Waals surface area (Å²) < 4.78 is 5.49. The molecule has 80 valence electrons. The minimum absolute atomic E-state index is 0.0122. The van der Waals surface area contributed by atoms with E-state index in [1.54, 1.807) is 0 Å². The van der Waals surface area contributed by atoms with E-state index in [0.717, 1.165) is 36.3 Å². The fourth-order valence-corrected chi connectivity index (χ4v) is 1.70. The van der Waals surface area contributed by atoms with E-state index in [-0.39, 0.29) is 5.91 Å². The van der Waals surface area contributed by atoms with Gasteiger partial charge in [-0.3, -0.25) is 4.79 Å². The molecule has 2 rings (SSSR count). The summed E-state index contributed by atoms with van der Waals surface area (Å²) in [4.78, 5) is 11.5. The Morgan fingerprint density at radius 2 is 2.33 bits per heavy atom. The number of rotatable bonds is 3. The third-order valence-corrected chi connectivity index (χ3v) is 2.48. The zero-order chi connectivity index (χ0) is 10.7. The van der Waals surface area contributed by atoms with Crippen LogP contribution < -0.4 is 10.1 Å². The second-order valence-corrected chi connectivity index (χ2v) is 3.67. The van der Waals surface area contributed by atoms with Crippen molar-refractivity contribution in [1.82, 2.24) is 5.32 Å². The van der Waals surface area contributed by atoms with Crippen molar-refractivity contribution in [2.75, 3.05) is 13.2 Å². The number of nitrogens with one attached hydrogen (secondary N) is 1. The molecule has 0 aromatic heterocycles. The average Bonchev–Trinajstić information content (AvgIpc) is 2.27. The number of hydrogen-bond donors (Lipinski definition) is 1. The van der Waals surface area contributed by atoms with Crippen molar-refractivity contribution in [2.24, 2.45) is 0 Å². The van der Waals surface area contributed by atoms with Crippen molar-refractivity contribution in [2.45, 2.75) is 19.8 Å². The first-order valence-corrected chi connectivity index (χ1v) is 5.35. The van der Waals surface area contributed by atoms with Gasteiger partial charge in [-0.25, -0.2) is 0 Å². The summed E-state index contributed by atoms with van der Waals surface area (Å²) in [6.45, 7) is 3.49. The van der Waals surface area contributed by atoms with Crippen molar-refractivity contribution >= 4 is 5.91 Å². The fraction of sp³-hybridized carbons (Fsp3) is 0.417. The number of carbonyl (C=O) groups excluding carboxylic acids is 1. The van der Waals surface area contributed by atoms with E-state index in [1.165, 1.54) is 0 Å². The van der Waals surface area contributed by atoms with Gasteiger partial charge in [0.05, 0.1) is 6.61 Å². The molecule has 3 heteroatoms. The van der Waals surface area contributed by atoms with Crippen LogP contribution in [0.2, 0.25) is 0 Å². The van der Waals surface area contributed by atoms with Gasteiger partial charge in [0, 0.05) is 12.1 Å². The van der Waals surface area contributed by atoms with E-state index in [9.17, 15) is 4.79 Å². The zero-order valence-electron chi connectivity index (χ0n) is 8.88. The molecule has 0 spiro atoms. The molecule has 0 atom stereocenters. The van der Waals surface area contributed by atoms with Crippen LogP contribution in [0, 0.1) is 0 Å². The molecule has 0 saturated carbocycles. The highest BCUT2D eigenvalue weighted by molar-refractivity contribution is 5.97. The molecule has 1 aromatic carbocycles. The molecule has 0 fully saturated rings. The van der Waals surface area contributed by atoms with Crippen LogP contribution >= 0.6 is 0 Å². The van der Waals surface area contributed by atoms with Gasteiger partial charge in [0.2, 0.25) is 0 Å². The Morgan fingerprint density at radius 3 is 3.13 bits per heavy atom. The van der Waals surface area contributed by atoms with Gasteiger partial charge in [-0.2, -0.15) is 0 Å². The second-order valence-electron chi connectivity index (χ2n) is 3.67. The lowest BCUT2D eigenvalue weighted by Gasteiger charge is -2.17. The normalized spacial score (nSPS) is 14.3. The quantitative estimate of drug-likeness (QED) is 0.816. The lowest BCUT2D eigenvalue weighted by Crippen LogP contribution is -2.31. The van der Waals surface area contributed by atoms with Crippen molar-refractivity contribution < 1.29 is 9.53 Å². The van der Waals surface area contributed by atoms with Gasteiger partial charge in [-0.15, -0.1) is 0 Å². The summed E-state index contributed by atoms with van der Waals surface area (Å²) in [7, 11) is 0. The molecule has 0 bridgehead atoms. The minimum atomic E-state index is 0.0122. The van der Waals surface area contributed by atoms with Crippen LogP contribution in [0.15, 0.2) is 18.2 Å². The molecule has 1 aromatic rings. The summed E-state index contributed by atoms with van der Waals surface area (Å²) in [6.07, 6.45) is 1.89. The smallest absolute Gasteiger partial charge is 0.251 e. The number of carbonyl (C=O) groups is 1. The third kappa shape index (κ3) is 2.12. The standard InChI is InChI=1S/C12H15NO2/c1-2-7-15-10-4-3-9-5-6-13-12(14)11(9)8-10/h3-4,8H,2,5-7H2,1H3,(H,13,14). The Balaban J connectivity index is 2.23. The van der Waals surface area contributed by atoms with E-state index in [2.05, 4.69) is 12.2 Å². The van der Waals surface area contributed by atoms with Crippen LogP contribution in [-0.4, -0.2) is 19.1 Å². The summed E-state index contributed by atoms with van der Waals surface area (Å²) >= 11 is 0. The van der Waals surface area contributed by atoms with Crippen molar-refractivity contribution in [3.8, 4) is 5.75 Å². The lowest BCUT2D eigenvalue weighted by molar-refractivity contribution is 0.0945. The van der Waals surface area contributed by atoms with Crippen LogP contribution in [0.3, 0.4) is 0 Å². The van der Waals surface area contributed by atoms with Gasteiger partial charge in [0.15, 0.2) is 0 Å². The number of hydrogen-bond acceptors (Lipinski definition) is 2. The van der Waals surface area contributed by atoms with Crippen LogP contribution in [0.1, 0.15) is 29.3 Å². The Bertz CT molecular complexity index is 374. The Kier molecular flexibility index (Phi) is 2.90. The number of amides is 1. The highest BCUT2D eigenvalue weighted by Gasteiger charge is 2.16. The van der Waals surface area contributed by atoms with Crippen LogP contribution in [-0.2, 0) is 6.42 Å². The number of benzene rings is 1. The van der Waals surface area contributed by atoms with Crippen LogP contribution in [0.5, 0.6) is 5.75 Å². The number of ether oxygens (including phenoxy) is 1. The fourth-order valence-electron chi connectivity index (χ4n) is 1.70. The predicted molar refractivity (Wildman–Crippen MR) is 58.3 cm³/mol. The van der Waals surface area contributed by atoms with Gasteiger partial charge in [0.25, 0.3) is 5.91 Å². The Labute approximate surface area is 89.4 Å². The molecule has 1 aliphatic heterocycles. The Morgan fingerprint density at radius 1 is 1.47 bits per heavy atom. The monoisotopic (exact) mass is 205 g/mol. The van der Waals surface area contributed by atoms with Gasteiger partial charge in [-0.1, -0.05) is 13.0 Å². The molecule has 0 saturated heterocycles. The molecule has 15 heavy (non-hydrogen) atoms. The van der Waals surface area contributed by atoms with Crippen molar-refractivity contribution in [3.63, 3.8) is 0 Å². The van der Waals surface area contributed by atoms with Gasteiger partial charge < -0.3 is 10.1 Å². The molecule has 1 N–H and O–H groups in total. The molecule has 0 unspecified atom stereocenters. The van der Waals surface area contributed by atoms with Gasteiger partial charge in [-0.05, 0) is 30.5 Å². The summed E-state index contributed by atoms with van der Waals surface area (Å²) in [5, 5.41) is 2.83. The SMILES string of the molecule is CCCOc1ccc2c(c1)C(=O)NCC2. The highest BCUT2D eigenvalue weighted by Crippen LogP contribution is 2.20. The first-order chi connectivity index (χ1) is 7.31. The van der Waals surface area contributed by atoms with Gasteiger partial charge in [0.1, 0.15) is 5.75 Å². The molecule has 3 nitrogen and oxygen atoms in total. The van der Waals surface area contributed by atoms with E-state index < -0.39 is 0 Å². The largest absolute Gasteiger partial charge is 0.494 e. The molecular formula is C12H15NO2. The van der Waals surface area contributed by atoms with Crippen molar-refractivity contribution in [3.05, 3.63) is 29.3 Å². The third-order valence-electron chi connectivity index (χ3n) is 2.48. The van der Waals surface area contributed by atoms with E-state index >= 15 is 0 Å². The molecule has 0 radical (unpaired) electrons. The maximum atomic E-state index is 11.5. The lowest BCUT2D eigenvalue weighted by atomic mass is 10.0. The number of fused-ring (bicyclic) bond motifs is 1. The summed E-state index contributed by atoms with van der Waals surface area (Å²) in [5.41, 5.74) is 1.87. The molecule has 1 heterocycles. The highest BCUT2D eigenvalue weighted by atomic mass is 16.5. The predicted octanol–water partition coefficient (Wildman–Crippen LogP) is 1.76. The van der Waals surface area contributed by atoms with Crippen molar-refractivity contribution in [1.29, 1.82) is 0 Å². The molecule has 1 aliphatic rings. The minimum Gasteiger partial charge on any atom is -0.494 e. The molecule has 1 amide bonds. The zero-order valence-corrected chi connectivity index (χ0v) is 8.88. The van der Waals surface area contributed by atoms with Crippen LogP contribution in [0.4, 0.5) is 0 Å². The molecule has 0 aliphatic carbocycles. The first kappa shape index (κ1) is 10.0. The van der Waals surface area contributed by atoms with E-state index in [0.29, 0.717) is 6.61 Å². The van der Waals surface area contributed by atoms with Gasteiger partial charge >= 0.3 is 0 Å². The average molecular weight is 205 g/mol. The maximum Gasteiger partial charge on any atom is 0.251 e. The van der Waals surface area contributed by atoms with E-state index in [4.69, 9.17) is 4.74 Å². The summed E-state index contributed by atoms with van der Waals surface area (Å²) in [5.74, 6) is 0.797.